The normalized spacial score (nSPS) is 21.8. The third-order valence-electron chi connectivity index (χ3n) is 5.88. The molecule has 1 heterocycles. The fourth-order valence-corrected chi connectivity index (χ4v) is 4.57. The molecule has 0 radical (unpaired) electrons. The zero-order valence-corrected chi connectivity index (χ0v) is 20.5. The number of carbonyl (C=O) groups excluding carboxylic acids is 1. The summed E-state index contributed by atoms with van der Waals surface area (Å²) >= 11 is 0. The van der Waals surface area contributed by atoms with E-state index < -0.39 is 34.5 Å². The van der Waals surface area contributed by atoms with Crippen molar-refractivity contribution in [2.45, 2.75) is 67.0 Å². The molecule has 4 N–H and O–H groups in total. The van der Waals surface area contributed by atoms with Crippen LogP contribution in [0.3, 0.4) is 0 Å². The van der Waals surface area contributed by atoms with E-state index in [4.69, 9.17) is 15.5 Å². The summed E-state index contributed by atoms with van der Waals surface area (Å²) in [5.74, 6) is -0.943. The van der Waals surface area contributed by atoms with Crippen LogP contribution < -0.4 is 11.1 Å². The largest absolute Gasteiger partial charge is 0.481 e. The summed E-state index contributed by atoms with van der Waals surface area (Å²) in [5, 5.41) is 13.3. The Morgan fingerprint density at radius 3 is 2.16 bits per heavy atom. The van der Waals surface area contributed by atoms with Gasteiger partial charge >= 0.3 is 12.1 Å². The van der Waals surface area contributed by atoms with Crippen LogP contribution >= 0.6 is 0 Å². The molecule has 1 aromatic rings. The standard InChI is InChI=1S/C25H37N3O4/c1-15-9-11-17(12-10-15)20-18(13-26)19(14-27-22(31)32-24(6,7)8)28-16(2)25(20,21(29)30)23(3,4)5/h9-12,16H,13-14,26H2,1-8H3,(H,27,31)(H,29,30). The van der Waals surface area contributed by atoms with Gasteiger partial charge in [-0.1, -0.05) is 50.6 Å². The van der Waals surface area contributed by atoms with Gasteiger partial charge in [0, 0.05) is 6.54 Å². The Bertz CT molecular complexity index is 933. The van der Waals surface area contributed by atoms with E-state index in [0.717, 1.165) is 11.1 Å². The summed E-state index contributed by atoms with van der Waals surface area (Å²) in [4.78, 5) is 29.9. The highest BCUT2D eigenvalue weighted by molar-refractivity contribution is 6.14. The van der Waals surface area contributed by atoms with Gasteiger partial charge in [0.1, 0.15) is 11.0 Å². The lowest BCUT2D eigenvalue weighted by molar-refractivity contribution is -0.152. The molecule has 1 aromatic carbocycles. The maximum absolute atomic E-state index is 12.9. The number of dihydropyridines is 1. The third kappa shape index (κ3) is 4.88. The van der Waals surface area contributed by atoms with Gasteiger partial charge in [-0.15, -0.1) is 0 Å². The van der Waals surface area contributed by atoms with Crippen molar-refractivity contribution in [1.29, 1.82) is 0 Å². The van der Waals surface area contributed by atoms with Gasteiger partial charge in [0.25, 0.3) is 0 Å². The number of nitrogens with zero attached hydrogens (tertiary/aromatic N) is 1. The molecule has 0 saturated carbocycles. The first-order chi connectivity index (χ1) is 14.6. The highest BCUT2D eigenvalue weighted by Crippen LogP contribution is 2.55. The third-order valence-corrected chi connectivity index (χ3v) is 5.88. The molecule has 0 aromatic heterocycles. The summed E-state index contributed by atoms with van der Waals surface area (Å²) in [6.45, 7) is 15.1. The first-order valence-corrected chi connectivity index (χ1v) is 10.9. The van der Waals surface area contributed by atoms with Crippen LogP contribution in [0.4, 0.5) is 4.79 Å². The number of nitrogens with two attached hydrogens (primary N) is 1. The number of ether oxygens (including phenoxy) is 1. The van der Waals surface area contributed by atoms with Crippen molar-refractivity contribution in [2.24, 2.45) is 21.6 Å². The van der Waals surface area contributed by atoms with E-state index in [-0.39, 0.29) is 13.1 Å². The quantitative estimate of drug-likeness (QED) is 0.631. The summed E-state index contributed by atoms with van der Waals surface area (Å²) in [6.07, 6.45) is -0.563. The van der Waals surface area contributed by atoms with E-state index in [1.54, 1.807) is 20.8 Å². The second-order valence-electron chi connectivity index (χ2n) is 10.4. The first kappa shape index (κ1) is 25.6. The molecule has 2 atom stereocenters. The van der Waals surface area contributed by atoms with Crippen LogP contribution in [0, 0.1) is 17.8 Å². The predicted molar refractivity (Wildman–Crippen MR) is 128 cm³/mol. The van der Waals surface area contributed by atoms with Crippen LogP contribution in [0.15, 0.2) is 34.8 Å². The van der Waals surface area contributed by atoms with Crippen LogP contribution in [0.25, 0.3) is 5.57 Å². The molecule has 1 aliphatic rings. The Labute approximate surface area is 191 Å². The molecule has 2 rings (SSSR count). The number of rotatable bonds is 5. The van der Waals surface area contributed by atoms with Gasteiger partial charge in [-0.3, -0.25) is 9.79 Å². The molecule has 0 saturated heterocycles. The molecule has 32 heavy (non-hydrogen) atoms. The van der Waals surface area contributed by atoms with Crippen molar-refractivity contribution in [3.8, 4) is 0 Å². The summed E-state index contributed by atoms with van der Waals surface area (Å²) in [6, 6.07) is 7.20. The topological polar surface area (TPSA) is 114 Å². The number of aryl methyl sites for hydroxylation is 1. The fourth-order valence-electron chi connectivity index (χ4n) is 4.57. The van der Waals surface area contributed by atoms with Gasteiger partial charge in [0.2, 0.25) is 0 Å². The zero-order valence-electron chi connectivity index (χ0n) is 20.5. The van der Waals surface area contributed by atoms with Crippen molar-refractivity contribution in [3.05, 3.63) is 41.0 Å². The van der Waals surface area contributed by atoms with Gasteiger partial charge in [0.15, 0.2) is 0 Å². The average molecular weight is 444 g/mol. The second-order valence-corrected chi connectivity index (χ2v) is 10.4. The predicted octanol–water partition coefficient (Wildman–Crippen LogP) is 4.19. The van der Waals surface area contributed by atoms with Crippen molar-refractivity contribution >= 4 is 23.3 Å². The number of carbonyl (C=O) groups is 2. The fraction of sp³-hybridized carbons (Fsp3) is 0.560. The van der Waals surface area contributed by atoms with E-state index in [1.165, 1.54) is 0 Å². The molecule has 1 aliphatic heterocycles. The molecule has 176 valence electrons. The highest BCUT2D eigenvalue weighted by Gasteiger charge is 2.58. The van der Waals surface area contributed by atoms with Gasteiger partial charge in [-0.05, 0) is 56.7 Å². The Morgan fingerprint density at radius 1 is 1.16 bits per heavy atom. The molecule has 0 spiro atoms. The molecule has 7 heteroatoms. The zero-order chi connectivity index (χ0) is 24.5. The number of alkyl carbamates (subject to hydrolysis) is 1. The van der Waals surface area contributed by atoms with Crippen LogP contribution in [0.1, 0.15) is 59.6 Å². The van der Waals surface area contributed by atoms with Crippen molar-refractivity contribution in [3.63, 3.8) is 0 Å². The average Bonchev–Trinajstić information content (AvgIpc) is 2.63. The van der Waals surface area contributed by atoms with Gasteiger partial charge in [0.05, 0.1) is 18.3 Å². The number of carboxylic acid groups (broad SMARTS) is 1. The van der Waals surface area contributed by atoms with Crippen LogP contribution in [0.5, 0.6) is 0 Å². The SMILES string of the molecule is Cc1ccc(C2=C(CN)C(CNC(=O)OC(C)(C)C)=NC(C)C2(C(=O)O)C(C)(C)C)cc1. The molecule has 2 unspecified atom stereocenters. The number of benzene rings is 1. The monoisotopic (exact) mass is 443 g/mol. The number of aliphatic imine (C=N–C) groups is 1. The van der Waals surface area contributed by atoms with E-state index in [9.17, 15) is 14.7 Å². The lowest BCUT2D eigenvalue weighted by atomic mass is 9.55. The Balaban J connectivity index is 2.68. The molecule has 1 amide bonds. The Morgan fingerprint density at radius 2 is 1.72 bits per heavy atom. The second kappa shape index (κ2) is 9.06. The van der Waals surface area contributed by atoms with E-state index >= 15 is 0 Å². The van der Waals surface area contributed by atoms with E-state index in [2.05, 4.69) is 5.32 Å². The smallest absolute Gasteiger partial charge is 0.407 e. The molecular formula is C25H37N3O4. The lowest BCUT2D eigenvalue weighted by Crippen LogP contribution is -2.54. The van der Waals surface area contributed by atoms with Gasteiger partial charge in [-0.25, -0.2) is 4.79 Å². The first-order valence-electron chi connectivity index (χ1n) is 10.9. The minimum Gasteiger partial charge on any atom is -0.481 e. The van der Waals surface area contributed by atoms with Gasteiger partial charge < -0.3 is 20.9 Å². The van der Waals surface area contributed by atoms with E-state index in [0.29, 0.717) is 16.9 Å². The van der Waals surface area contributed by atoms with Crippen LogP contribution in [-0.4, -0.2) is 47.6 Å². The number of amides is 1. The molecule has 0 aliphatic carbocycles. The molecule has 7 nitrogen and oxygen atoms in total. The Kier molecular flexibility index (Phi) is 7.24. The van der Waals surface area contributed by atoms with Gasteiger partial charge in [-0.2, -0.15) is 0 Å². The van der Waals surface area contributed by atoms with E-state index in [1.807, 2.05) is 58.9 Å². The van der Waals surface area contributed by atoms with Crippen LogP contribution in [0.2, 0.25) is 0 Å². The minimum atomic E-state index is -1.30. The number of carboxylic acids is 1. The molecular weight excluding hydrogens is 406 g/mol. The lowest BCUT2D eigenvalue weighted by Gasteiger charge is -2.49. The number of hydrogen-bond donors (Lipinski definition) is 3. The Hall–Kier alpha value is -2.67. The molecule has 0 bridgehead atoms. The van der Waals surface area contributed by atoms with Crippen LogP contribution in [-0.2, 0) is 9.53 Å². The number of hydrogen-bond acceptors (Lipinski definition) is 5. The molecule has 0 fully saturated rings. The summed E-state index contributed by atoms with van der Waals surface area (Å²) in [5.41, 5.74) is 7.34. The maximum atomic E-state index is 12.9. The number of aliphatic carboxylic acids is 1. The summed E-state index contributed by atoms with van der Waals surface area (Å²) < 4.78 is 5.34. The van der Waals surface area contributed by atoms with Crippen molar-refractivity contribution < 1.29 is 19.4 Å². The van der Waals surface area contributed by atoms with Crippen molar-refractivity contribution in [1.82, 2.24) is 5.32 Å². The summed E-state index contributed by atoms with van der Waals surface area (Å²) in [7, 11) is 0. The number of nitrogens with one attached hydrogen (secondary N) is 1. The highest BCUT2D eigenvalue weighted by atomic mass is 16.6. The minimum absolute atomic E-state index is 0.0931. The van der Waals surface area contributed by atoms with Crippen molar-refractivity contribution in [2.75, 3.05) is 13.1 Å². The maximum Gasteiger partial charge on any atom is 0.407 e.